The van der Waals surface area contributed by atoms with Gasteiger partial charge in [0.1, 0.15) is 0 Å². The Balaban J connectivity index is 1.77. The summed E-state index contributed by atoms with van der Waals surface area (Å²) in [5, 5.41) is 0. The summed E-state index contributed by atoms with van der Waals surface area (Å²) in [6.07, 6.45) is 6.48. The van der Waals surface area contributed by atoms with Gasteiger partial charge in [-0.15, -0.1) is 0 Å². The van der Waals surface area contributed by atoms with Gasteiger partial charge in [-0.05, 0) is 48.1 Å². The van der Waals surface area contributed by atoms with Crippen LogP contribution in [0, 0.1) is 5.92 Å². The smallest absolute Gasteiger partial charge is 0.226 e. The molecule has 1 unspecified atom stereocenters. The highest BCUT2D eigenvalue weighted by Gasteiger charge is 2.36. The molecule has 148 valence electrons. The van der Waals surface area contributed by atoms with Crippen LogP contribution in [0.3, 0.4) is 0 Å². The second-order valence-corrected chi connectivity index (χ2v) is 7.84. The number of amides is 1. The van der Waals surface area contributed by atoms with Gasteiger partial charge in [-0.1, -0.05) is 49.6 Å². The number of carbonyl (C=O) groups excluding carboxylic acids is 1. The monoisotopic (exact) mass is 379 g/mol. The van der Waals surface area contributed by atoms with E-state index >= 15 is 0 Å². The van der Waals surface area contributed by atoms with E-state index in [1.54, 1.807) is 14.2 Å². The molecule has 1 aliphatic heterocycles. The number of hydrogen-bond acceptors (Lipinski definition) is 3. The first-order valence-corrected chi connectivity index (χ1v) is 10.3. The zero-order valence-corrected chi connectivity index (χ0v) is 16.8. The molecule has 0 bridgehead atoms. The summed E-state index contributed by atoms with van der Waals surface area (Å²) in [6.45, 7) is 0.747. The average Bonchev–Trinajstić information content (AvgIpc) is 2.77. The number of nitrogens with zero attached hydrogens (tertiary/aromatic N) is 1. The zero-order valence-electron chi connectivity index (χ0n) is 16.8. The van der Waals surface area contributed by atoms with E-state index in [-0.39, 0.29) is 12.0 Å². The first-order chi connectivity index (χ1) is 13.7. The predicted octanol–water partition coefficient (Wildman–Crippen LogP) is 4.76. The molecule has 4 rings (SSSR count). The third-order valence-electron chi connectivity index (χ3n) is 6.23. The van der Waals surface area contributed by atoms with Gasteiger partial charge in [0.05, 0.1) is 20.3 Å². The number of benzene rings is 2. The number of ether oxygens (including phenoxy) is 2. The number of fused-ring (bicyclic) bond motifs is 1. The summed E-state index contributed by atoms with van der Waals surface area (Å²) in [7, 11) is 3.33. The van der Waals surface area contributed by atoms with Crippen LogP contribution in [0.5, 0.6) is 11.5 Å². The lowest BCUT2D eigenvalue weighted by molar-refractivity contribution is -0.138. The highest BCUT2D eigenvalue weighted by molar-refractivity contribution is 5.80. The van der Waals surface area contributed by atoms with Crippen molar-refractivity contribution in [2.45, 2.75) is 44.6 Å². The van der Waals surface area contributed by atoms with Crippen molar-refractivity contribution in [3.8, 4) is 11.5 Å². The second-order valence-electron chi connectivity index (χ2n) is 7.84. The maximum Gasteiger partial charge on any atom is 0.226 e. The molecule has 0 radical (unpaired) electrons. The molecular weight excluding hydrogens is 350 g/mol. The minimum Gasteiger partial charge on any atom is -0.493 e. The molecule has 1 amide bonds. The number of carbonyl (C=O) groups is 1. The van der Waals surface area contributed by atoms with Crippen LogP contribution < -0.4 is 9.47 Å². The highest BCUT2D eigenvalue weighted by Crippen LogP contribution is 2.42. The second kappa shape index (κ2) is 8.26. The first kappa shape index (κ1) is 18.9. The molecule has 2 aliphatic rings. The van der Waals surface area contributed by atoms with Crippen molar-refractivity contribution in [1.82, 2.24) is 4.90 Å². The van der Waals surface area contributed by atoms with Crippen molar-refractivity contribution in [3.05, 3.63) is 59.2 Å². The Kier molecular flexibility index (Phi) is 5.56. The van der Waals surface area contributed by atoms with E-state index in [1.165, 1.54) is 24.8 Å². The Labute approximate surface area is 167 Å². The van der Waals surface area contributed by atoms with Crippen LogP contribution in [0.25, 0.3) is 0 Å². The Morgan fingerprint density at radius 3 is 2.32 bits per heavy atom. The number of rotatable bonds is 4. The van der Waals surface area contributed by atoms with E-state index in [0.29, 0.717) is 11.7 Å². The fraction of sp³-hybridized carbons (Fsp3) is 0.458. The molecule has 2 aromatic rings. The number of methoxy groups -OCH3 is 2. The fourth-order valence-corrected chi connectivity index (χ4v) is 4.76. The van der Waals surface area contributed by atoms with Gasteiger partial charge in [-0.3, -0.25) is 4.79 Å². The lowest BCUT2D eigenvalue weighted by atomic mass is 9.84. The van der Waals surface area contributed by atoms with Crippen LogP contribution in [0.1, 0.15) is 54.8 Å². The molecule has 4 nitrogen and oxygen atoms in total. The summed E-state index contributed by atoms with van der Waals surface area (Å²) < 4.78 is 11.1. The summed E-state index contributed by atoms with van der Waals surface area (Å²) in [5.74, 6) is 1.95. The summed E-state index contributed by atoms with van der Waals surface area (Å²) >= 11 is 0. The maximum atomic E-state index is 13.5. The van der Waals surface area contributed by atoms with Gasteiger partial charge in [0.2, 0.25) is 5.91 Å². The van der Waals surface area contributed by atoms with Crippen LogP contribution in [-0.2, 0) is 11.2 Å². The Hall–Kier alpha value is -2.49. The van der Waals surface area contributed by atoms with E-state index in [0.717, 1.165) is 42.7 Å². The van der Waals surface area contributed by atoms with Gasteiger partial charge in [0.25, 0.3) is 0 Å². The predicted molar refractivity (Wildman–Crippen MR) is 110 cm³/mol. The van der Waals surface area contributed by atoms with Crippen LogP contribution in [0.15, 0.2) is 42.5 Å². The Morgan fingerprint density at radius 2 is 1.64 bits per heavy atom. The van der Waals surface area contributed by atoms with Crippen molar-refractivity contribution in [1.29, 1.82) is 0 Å². The molecule has 4 heteroatoms. The van der Waals surface area contributed by atoms with Crippen LogP contribution in [0.4, 0.5) is 0 Å². The fourth-order valence-electron chi connectivity index (χ4n) is 4.76. The topological polar surface area (TPSA) is 38.8 Å². The van der Waals surface area contributed by atoms with Crippen LogP contribution in [0.2, 0.25) is 0 Å². The van der Waals surface area contributed by atoms with Crippen LogP contribution in [-0.4, -0.2) is 31.6 Å². The minimum absolute atomic E-state index is 0.0702. The third kappa shape index (κ3) is 3.48. The van der Waals surface area contributed by atoms with E-state index in [9.17, 15) is 4.79 Å². The van der Waals surface area contributed by atoms with Gasteiger partial charge in [0.15, 0.2) is 11.5 Å². The molecule has 0 spiro atoms. The molecule has 0 N–H and O–H groups in total. The molecule has 2 aromatic carbocycles. The van der Waals surface area contributed by atoms with Crippen molar-refractivity contribution < 1.29 is 14.3 Å². The summed E-state index contributed by atoms with van der Waals surface area (Å²) in [6, 6.07) is 14.4. The Bertz CT molecular complexity index is 827. The third-order valence-corrected chi connectivity index (χ3v) is 6.23. The van der Waals surface area contributed by atoms with Gasteiger partial charge < -0.3 is 14.4 Å². The van der Waals surface area contributed by atoms with E-state index in [2.05, 4.69) is 29.2 Å². The molecule has 1 aliphatic carbocycles. The quantitative estimate of drug-likeness (QED) is 0.769. The van der Waals surface area contributed by atoms with Crippen LogP contribution >= 0.6 is 0 Å². The largest absolute Gasteiger partial charge is 0.493 e. The SMILES string of the molecule is COc1cc2c(cc1OC)C(c1ccccc1)N(C(=O)C1CCCCC1)CC2. The highest BCUT2D eigenvalue weighted by atomic mass is 16.5. The lowest BCUT2D eigenvalue weighted by Crippen LogP contribution is -2.44. The van der Waals surface area contributed by atoms with Gasteiger partial charge >= 0.3 is 0 Å². The normalized spacial score (nSPS) is 19.8. The molecular formula is C24H29NO3. The summed E-state index contributed by atoms with van der Waals surface area (Å²) in [5.41, 5.74) is 3.54. The van der Waals surface area contributed by atoms with Gasteiger partial charge in [0, 0.05) is 12.5 Å². The number of hydrogen-bond donors (Lipinski definition) is 0. The molecule has 1 saturated carbocycles. The van der Waals surface area contributed by atoms with E-state index in [4.69, 9.17) is 9.47 Å². The van der Waals surface area contributed by atoms with Crippen molar-refractivity contribution in [2.24, 2.45) is 5.92 Å². The van der Waals surface area contributed by atoms with Crippen molar-refractivity contribution >= 4 is 5.91 Å². The maximum absolute atomic E-state index is 13.5. The van der Waals surface area contributed by atoms with E-state index < -0.39 is 0 Å². The molecule has 0 saturated heterocycles. The molecule has 1 fully saturated rings. The lowest BCUT2D eigenvalue weighted by Gasteiger charge is -2.40. The van der Waals surface area contributed by atoms with E-state index in [1.807, 2.05) is 18.2 Å². The molecule has 0 aromatic heterocycles. The van der Waals surface area contributed by atoms with Crippen molar-refractivity contribution in [3.63, 3.8) is 0 Å². The first-order valence-electron chi connectivity index (χ1n) is 10.3. The van der Waals surface area contributed by atoms with Crippen molar-refractivity contribution in [2.75, 3.05) is 20.8 Å². The average molecular weight is 380 g/mol. The van der Waals surface area contributed by atoms with Gasteiger partial charge in [-0.25, -0.2) is 0 Å². The zero-order chi connectivity index (χ0) is 19.5. The summed E-state index contributed by atoms with van der Waals surface area (Å²) in [4.78, 5) is 15.6. The minimum atomic E-state index is -0.0702. The molecule has 28 heavy (non-hydrogen) atoms. The molecule has 1 heterocycles. The standard InChI is InChI=1S/C24H29NO3/c1-27-21-15-19-13-14-25(24(26)18-11-7-4-8-12-18)23(17-9-5-3-6-10-17)20(19)16-22(21)28-2/h3,5-6,9-10,15-16,18,23H,4,7-8,11-14H2,1-2H3. The Morgan fingerprint density at radius 1 is 0.964 bits per heavy atom. The van der Waals surface area contributed by atoms with Gasteiger partial charge in [-0.2, -0.15) is 0 Å². The molecule has 1 atom stereocenters.